The summed E-state index contributed by atoms with van der Waals surface area (Å²) >= 11 is 0. The molecular weight excluding hydrogens is 364 g/mol. The average Bonchev–Trinajstić information content (AvgIpc) is 2.72. The van der Waals surface area contributed by atoms with Gasteiger partial charge in [-0.25, -0.2) is 17.6 Å². The van der Waals surface area contributed by atoms with E-state index in [0.29, 0.717) is 5.39 Å². The van der Waals surface area contributed by atoms with Gasteiger partial charge in [0.2, 0.25) is 0 Å². The Bertz CT molecular complexity index is 1050. The molecule has 4 heteroatoms. The molecule has 1 aliphatic carbocycles. The van der Waals surface area contributed by atoms with Crippen molar-refractivity contribution in [2.45, 2.75) is 37.5 Å². The normalized spacial score (nSPS) is 19.7. The summed E-state index contributed by atoms with van der Waals surface area (Å²) in [4.78, 5) is 0. The molecule has 0 unspecified atom stereocenters. The summed E-state index contributed by atoms with van der Waals surface area (Å²) in [7, 11) is 0. The van der Waals surface area contributed by atoms with Gasteiger partial charge in [0.05, 0.1) is 0 Å². The zero-order valence-corrected chi connectivity index (χ0v) is 15.3. The molecule has 28 heavy (non-hydrogen) atoms. The largest absolute Gasteiger partial charge is 0.207 e. The molecule has 0 aromatic heterocycles. The third kappa shape index (κ3) is 3.32. The molecule has 0 saturated heterocycles. The summed E-state index contributed by atoms with van der Waals surface area (Å²) in [5, 5.41) is 0.447. The van der Waals surface area contributed by atoms with Gasteiger partial charge in [0.15, 0.2) is 17.5 Å². The van der Waals surface area contributed by atoms with Crippen LogP contribution in [0.2, 0.25) is 0 Å². The molecule has 3 aromatic rings. The first kappa shape index (κ1) is 18.7. The van der Waals surface area contributed by atoms with E-state index < -0.39 is 17.5 Å². The van der Waals surface area contributed by atoms with E-state index in [4.69, 9.17) is 0 Å². The third-order valence-corrected chi connectivity index (χ3v) is 5.90. The molecule has 0 amide bonds. The first-order chi connectivity index (χ1) is 13.5. The maximum Gasteiger partial charge on any atom is 0.195 e. The van der Waals surface area contributed by atoms with Crippen LogP contribution >= 0.6 is 0 Å². The molecule has 4 rings (SSSR count). The molecule has 0 aliphatic heterocycles. The van der Waals surface area contributed by atoms with Crippen molar-refractivity contribution in [2.24, 2.45) is 0 Å². The molecule has 0 nitrogen and oxygen atoms in total. The van der Waals surface area contributed by atoms with Gasteiger partial charge in [-0.3, -0.25) is 0 Å². The molecule has 0 bridgehead atoms. The van der Waals surface area contributed by atoms with Crippen molar-refractivity contribution >= 4 is 16.8 Å². The van der Waals surface area contributed by atoms with Gasteiger partial charge >= 0.3 is 0 Å². The van der Waals surface area contributed by atoms with E-state index >= 15 is 0 Å². The summed E-state index contributed by atoms with van der Waals surface area (Å²) in [5.41, 5.74) is 2.49. The predicted molar refractivity (Wildman–Crippen MR) is 104 cm³/mol. The molecule has 1 fully saturated rings. The van der Waals surface area contributed by atoms with Crippen LogP contribution in [-0.4, -0.2) is 0 Å². The van der Waals surface area contributed by atoms with Gasteiger partial charge in [0, 0.05) is 5.39 Å². The number of fused-ring (bicyclic) bond motifs is 1. The van der Waals surface area contributed by atoms with Crippen LogP contribution in [0.1, 0.15) is 54.2 Å². The van der Waals surface area contributed by atoms with E-state index in [1.165, 1.54) is 12.1 Å². The van der Waals surface area contributed by atoms with Crippen molar-refractivity contribution in [3.63, 3.8) is 0 Å². The van der Waals surface area contributed by atoms with Gasteiger partial charge in [-0.1, -0.05) is 43.0 Å². The van der Waals surface area contributed by atoms with E-state index in [-0.39, 0.29) is 23.0 Å². The second-order valence-corrected chi connectivity index (χ2v) is 7.50. The maximum absolute atomic E-state index is 14.4. The lowest BCUT2D eigenvalue weighted by Crippen LogP contribution is -2.13. The van der Waals surface area contributed by atoms with E-state index in [1.807, 2.05) is 12.1 Å². The van der Waals surface area contributed by atoms with Crippen LogP contribution in [0.25, 0.3) is 16.8 Å². The Balaban J connectivity index is 1.54. The topological polar surface area (TPSA) is 0 Å². The Hall–Kier alpha value is -2.62. The molecular formula is C24H20F4. The highest BCUT2D eigenvalue weighted by atomic mass is 19.2. The minimum Gasteiger partial charge on any atom is -0.207 e. The van der Waals surface area contributed by atoms with Gasteiger partial charge in [-0.2, -0.15) is 0 Å². The highest BCUT2D eigenvalue weighted by Crippen LogP contribution is 2.42. The zero-order valence-electron chi connectivity index (χ0n) is 15.3. The van der Waals surface area contributed by atoms with Crippen molar-refractivity contribution < 1.29 is 17.6 Å². The van der Waals surface area contributed by atoms with E-state index in [0.717, 1.165) is 48.4 Å². The van der Waals surface area contributed by atoms with Gasteiger partial charge in [-0.15, -0.1) is 0 Å². The summed E-state index contributed by atoms with van der Waals surface area (Å²) < 4.78 is 55.3. The maximum atomic E-state index is 14.4. The van der Waals surface area contributed by atoms with Crippen LogP contribution < -0.4 is 0 Å². The second-order valence-electron chi connectivity index (χ2n) is 7.50. The third-order valence-electron chi connectivity index (χ3n) is 5.90. The summed E-state index contributed by atoms with van der Waals surface area (Å²) in [6.07, 6.45) is 5.05. The molecule has 3 aromatic carbocycles. The Morgan fingerprint density at radius 2 is 1.46 bits per heavy atom. The minimum atomic E-state index is -1.44. The molecule has 0 atom stereocenters. The second kappa shape index (κ2) is 7.42. The molecule has 144 valence electrons. The fourth-order valence-electron chi connectivity index (χ4n) is 4.32. The smallest absolute Gasteiger partial charge is 0.195 e. The highest BCUT2D eigenvalue weighted by Gasteiger charge is 2.26. The monoisotopic (exact) mass is 384 g/mol. The number of rotatable bonds is 3. The van der Waals surface area contributed by atoms with Gasteiger partial charge < -0.3 is 0 Å². The number of hydrogen-bond acceptors (Lipinski definition) is 0. The van der Waals surface area contributed by atoms with Gasteiger partial charge in [0.25, 0.3) is 0 Å². The number of benzene rings is 3. The van der Waals surface area contributed by atoms with Gasteiger partial charge in [-0.05, 0) is 71.7 Å². The van der Waals surface area contributed by atoms with Crippen LogP contribution in [-0.2, 0) is 0 Å². The quantitative estimate of drug-likeness (QED) is 0.324. The Kier molecular flexibility index (Phi) is 4.96. The van der Waals surface area contributed by atoms with Crippen molar-refractivity contribution in [1.82, 2.24) is 0 Å². The van der Waals surface area contributed by atoms with Gasteiger partial charge in [0.1, 0.15) is 5.82 Å². The van der Waals surface area contributed by atoms with E-state index in [2.05, 4.69) is 6.58 Å². The lowest BCUT2D eigenvalue weighted by Gasteiger charge is -2.29. The molecule has 0 heterocycles. The van der Waals surface area contributed by atoms with Crippen molar-refractivity contribution in [3.05, 3.63) is 89.0 Å². The minimum absolute atomic E-state index is 0.0840. The SMILES string of the molecule is C=Cc1ccc(C2CCC(c3ccc4c(F)c(F)c(F)cc4c3)CC2)c(F)c1. The summed E-state index contributed by atoms with van der Waals surface area (Å²) in [6, 6.07) is 11.3. The first-order valence-corrected chi connectivity index (χ1v) is 9.47. The lowest BCUT2D eigenvalue weighted by molar-refractivity contribution is 0.387. The zero-order chi connectivity index (χ0) is 19.8. The molecule has 1 saturated carbocycles. The fourth-order valence-corrected chi connectivity index (χ4v) is 4.32. The van der Waals surface area contributed by atoms with E-state index in [9.17, 15) is 17.6 Å². The molecule has 0 N–H and O–H groups in total. The van der Waals surface area contributed by atoms with Crippen LogP contribution in [0.15, 0.2) is 49.0 Å². The molecule has 1 aliphatic rings. The molecule has 0 spiro atoms. The standard InChI is InChI=1S/C24H20F4/c1-2-14-3-9-19(21(25)11-14)16-6-4-15(5-7-16)17-8-10-20-18(12-17)13-22(26)24(28)23(20)27/h2-3,8-13,15-16H,1,4-7H2. The fraction of sp³-hybridized carbons (Fsp3) is 0.250. The molecule has 0 radical (unpaired) electrons. The highest BCUT2D eigenvalue weighted by molar-refractivity contribution is 5.84. The Labute approximate surface area is 161 Å². The van der Waals surface area contributed by atoms with Crippen molar-refractivity contribution in [2.75, 3.05) is 0 Å². The van der Waals surface area contributed by atoms with Crippen LogP contribution in [0.3, 0.4) is 0 Å². The predicted octanol–water partition coefficient (Wildman–Crippen LogP) is 7.48. The average molecular weight is 384 g/mol. The summed E-state index contributed by atoms with van der Waals surface area (Å²) in [6.45, 7) is 3.66. The van der Waals surface area contributed by atoms with Crippen LogP contribution in [0.4, 0.5) is 17.6 Å². The summed E-state index contributed by atoms with van der Waals surface area (Å²) in [5.74, 6) is -3.55. The number of hydrogen-bond donors (Lipinski definition) is 0. The van der Waals surface area contributed by atoms with Crippen molar-refractivity contribution in [3.8, 4) is 0 Å². The van der Waals surface area contributed by atoms with Crippen LogP contribution in [0, 0.1) is 23.3 Å². The Morgan fingerprint density at radius 3 is 2.14 bits per heavy atom. The van der Waals surface area contributed by atoms with Crippen molar-refractivity contribution in [1.29, 1.82) is 0 Å². The van der Waals surface area contributed by atoms with E-state index in [1.54, 1.807) is 18.2 Å². The van der Waals surface area contributed by atoms with Crippen LogP contribution in [0.5, 0.6) is 0 Å². The lowest BCUT2D eigenvalue weighted by atomic mass is 9.75. The number of halogens is 4. The Morgan fingerprint density at radius 1 is 0.750 bits per heavy atom. The first-order valence-electron chi connectivity index (χ1n) is 9.47.